The number of aliphatic carboxylic acids is 1. The van der Waals surface area contributed by atoms with Gasteiger partial charge in [0.1, 0.15) is 11.5 Å². The highest BCUT2D eigenvalue weighted by Gasteiger charge is 2.21. The van der Waals surface area contributed by atoms with Gasteiger partial charge in [0.2, 0.25) is 0 Å². The molecule has 0 aliphatic heterocycles. The zero-order valence-corrected chi connectivity index (χ0v) is 8.64. The molecule has 0 saturated carbocycles. The molecule has 88 valence electrons. The lowest BCUT2D eigenvalue weighted by atomic mass is 10.1. The second-order valence-electron chi connectivity index (χ2n) is 2.97. The van der Waals surface area contributed by atoms with E-state index in [2.05, 4.69) is 4.98 Å². The number of nitrogens with zero attached hydrogens (tertiary/aromatic N) is 1. The molecule has 0 aliphatic carbocycles. The van der Waals surface area contributed by atoms with E-state index in [0.29, 0.717) is 0 Å². The minimum Gasteiger partial charge on any atom is -0.481 e. The van der Waals surface area contributed by atoms with Crippen molar-refractivity contribution in [2.75, 3.05) is 0 Å². The van der Waals surface area contributed by atoms with Gasteiger partial charge in [0.15, 0.2) is 0 Å². The van der Waals surface area contributed by atoms with Crippen molar-refractivity contribution in [3.8, 4) is 0 Å². The summed E-state index contributed by atoms with van der Waals surface area (Å²) in [6.07, 6.45) is -2.77. The van der Waals surface area contributed by atoms with Crippen molar-refractivity contribution in [2.45, 2.75) is 18.7 Å². The molecule has 0 aliphatic rings. The molecule has 0 spiro atoms. The number of carboxylic acid groups (broad SMARTS) is 1. The van der Waals surface area contributed by atoms with E-state index in [1.54, 1.807) is 0 Å². The van der Waals surface area contributed by atoms with Gasteiger partial charge in [-0.2, -0.15) is 0 Å². The van der Waals surface area contributed by atoms with Crippen LogP contribution >= 0.6 is 11.6 Å². The van der Waals surface area contributed by atoms with E-state index in [1.807, 2.05) is 0 Å². The quantitative estimate of drug-likeness (QED) is 0.839. The van der Waals surface area contributed by atoms with E-state index < -0.39 is 41.8 Å². The van der Waals surface area contributed by atoms with Gasteiger partial charge in [-0.05, 0) is 0 Å². The van der Waals surface area contributed by atoms with Crippen LogP contribution in [0.2, 0.25) is 0 Å². The molecule has 0 fully saturated rings. The average Bonchev–Trinajstić information content (AvgIpc) is 2.19. The van der Waals surface area contributed by atoms with Crippen molar-refractivity contribution in [3.05, 3.63) is 28.8 Å². The number of aromatic nitrogens is 1. The predicted octanol–water partition coefficient (Wildman–Crippen LogP) is 2.52. The van der Waals surface area contributed by atoms with Crippen LogP contribution in [0.15, 0.2) is 6.20 Å². The Hall–Kier alpha value is -1.30. The molecule has 3 nitrogen and oxygen atoms in total. The second-order valence-corrected chi connectivity index (χ2v) is 3.23. The largest absolute Gasteiger partial charge is 0.481 e. The predicted molar refractivity (Wildman–Crippen MR) is 50.0 cm³/mol. The first-order valence-electron chi connectivity index (χ1n) is 4.19. The fraction of sp³-hybridized carbons (Fsp3) is 0.333. The number of alkyl halides is 3. The van der Waals surface area contributed by atoms with Crippen LogP contribution in [0.3, 0.4) is 0 Å². The Morgan fingerprint density at radius 2 is 2.19 bits per heavy atom. The lowest BCUT2D eigenvalue weighted by molar-refractivity contribution is -0.136. The summed E-state index contributed by atoms with van der Waals surface area (Å²) in [6, 6.07) is 0. The number of carbonyl (C=O) groups is 1. The SMILES string of the molecule is O=C(O)Cc1cnc(C(F)F)c(CCl)c1F. The maximum atomic E-state index is 13.5. The molecule has 1 heterocycles. The molecule has 7 heteroatoms. The van der Waals surface area contributed by atoms with Gasteiger partial charge in [-0.1, -0.05) is 0 Å². The fourth-order valence-electron chi connectivity index (χ4n) is 1.19. The molecule has 1 aromatic rings. The van der Waals surface area contributed by atoms with Crippen LogP contribution in [0.25, 0.3) is 0 Å². The standard InChI is InChI=1S/C9H7ClF3NO2/c10-2-5-7(11)4(1-6(15)16)3-14-8(5)9(12)13/h3,9H,1-2H2,(H,15,16). The van der Waals surface area contributed by atoms with Gasteiger partial charge in [-0.25, -0.2) is 13.2 Å². The molecule has 0 bridgehead atoms. The Kier molecular flexibility index (Phi) is 4.12. The number of rotatable bonds is 4. The topological polar surface area (TPSA) is 50.2 Å². The lowest BCUT2D eigenvalue weighted by Gasteiger charge is -2.09. The molecule has 0 aromatic carbocycles. The first-order chi connectivity index (χ1) is 7.47. The van der Waals surface area contributed by atoms with Crippen LogP contribution in [0.4, 0.5) is 13.2 Å². The highest BCUT2D eigenvalue weighted by Crippen LogP contribution is 2.26. The molecule has 0 radical (unpaired) electrons. The van der Waals surface area contributed by atoms with Crippen molar-refractivity contribution in [1.29, 1.82) is 0 Å². The molecule has 1 N–H and O–H groups in total. The van der Waals surface area contributed by atoms with E-state index in [9.17, 15) is 18.0 Å². The van der Waals surface area contributed by atoms with Gasteiger partial charge in [0.05, 0.1) is 12.3 Å². The smallest absolute Gasteiger partial charge is 0.307 e. The minimum absolute atomic E-state index is 0.257. The van der Waals surface area contributed by atoms with Gasteiger partial charge in [0, 0.05) is 17.3 Å². The van der Waals surface area contributed by atoms with E-state index in [-0.39, 0.29) is 5.56 Å². The third-order valence-corrected chi connectivity index (χ3v) is 2.16. The summed E-state index contributed by atoms with van der Waals surface area (Å²) in [5, 5.41) is 8.46. The van der Waals surface area contributed by atoms with Crippen molar-refractivity contribution < 1.29 is 23.1 Å². The maximum Gasteiger partial charge on any atom is 0.307 e. The molecule has 0 amide bonds. The van der Waals surface area contributed by atoms with Crippen LogP contribution in [0.5, 0.6) is 0 Å². The van der Waals surface area contributed by atoms with Crippen LogP contribution in [0.1, 0.15) is 23.2 Å². The number of hydrogen-bond donors (Lipinski definition) is 1. The molecule has 0 unspecified atom stereocenters. The third kappa shape index (κ3) is 2.63. The Morgan fingerprint density at radius 1 is 1.56 bits per heavy atom. The van der Waals surface area contributed by atoms with Gasteiger partial charge in [0.25, 0.3) is 6.43 Å². The summed E-state index contributed by atoms with van der Waals surface area (Å²) in [5.41, 5.74) is -1.45. The highest BCUT2D eigenvalue weighted by atomic mass is 35.5. The Morgan fingerprint density at radius 3 is 2.62 bits per heavy atom. The summed E-state index contributed by atoms with van der Waals surface area (Å²) < 4.78 is 38.3. The summed E-state index contributed by atoms with van der Waals surface area (Å²) in [6.45, 7) is 0. The monoisotopic (exact) mass is 253 g/mol. The minimum atomic E-state index is -2.94. The summed E-state index contributed by atoms with van der Waals surface area (Å²) in [5.74, 6) is -2.78. The van der Waals surface area contributed by atoms with Gasteiger partial charge < -0.3 is 5.11 Å². The lowest BCUT2D eigenvalue weighted by Crippen LogP contribution is -2.08. The van der Waals surface area contributed by atoms with E-state index in [1.165, 1.54) is 0 Å². The van der Waals surface area contributed by atoms with Crippen LogP contribution < -0.4 is 0 Å². The van der Waals surface area contributed by atoms with Gasteiger partial charge in [-0.3, -0.25) is 9.78 Å². The molecule has 16 heavy (non-hydrogen) atoms. The molecule has 0 atom stereocenters. The highest BCUT2D eigenvalue weighted by molar-refractivity contribution is 6.17. The van der Waals surface area contributed by atoms with E-state index in [0.717, 1.165) is 6.20 Å². The molecule has 0 saturated heterocycles. The molecular weight excluding hydrogens is 247 g/mol. The Balaban J connectivity index is 3.23. The fourth-order valence-corrected chi connectivity index (χ4v) is 1.44. The zero-order chi connectivity index (χ0) is 12.3. The number of pyridine rings is 1. The van der Waals surface area contributed by atoms with Crippen molar-refractivity contribution in [2.24, 2.45) is 0 Å². The summed E-state index contributed by atoms with van der Waals surface area (Å²) in [4.78, 5) is 13.7. The third-order valence-electron chi connectivity index (χ3n) is 1.90. The molecule has 1 aromatic heterocycles. The van der Waals surface area contributed by atoms with Crippen LogP contribution in [0, 0.1) is 5.82 Å². The first kappa shape index (κ1) is 12.8. The van der Waals surface area contributed by atoms with Crippen LogP contribution in [-0.4, -0.2) is 16.1 Å². The maximum absolute atomic E-state index is 13.5. The van der Waals surface area contributed by atoms with Crippen LogP contribution in [-0.2, 0) is 17.1 Å². The average molecular weight is 254 g/mol. The Bertz CT molecular complexity index is 412. The normalized spacial score (nSPS) is 10.8. The van der Waals surface area contributed by atoms with Crippen molar-refractivity contribution in [3.63, 3.8) is 0 Å². The van der Waals surface area contributed by atoms with Crippen molar-refractivity contribution >= 4 is 17.6 Å². The zero-order valence-electron chi connectivity index (χ0n) is 7.88. The number of carboxylic acids is 1. The number of halogens is 4. The van der Waals surface area contributed by atoms with Gasteiger partial charge >= 0.3 is 5.97 Å². The second kappa shape index (κ2) is 5.16. The molecule has 1 rings (SSSR count). The van der Waals surface area contributed by atoms with E-state index >= 15 is 0 Å². The van der Waals surface area contributed by atoms with Gasteiger partial charge in [-0.15, -0.1) is 11.6 Å². The first-order valence-corrected chi connectivity index (χ1v) is 4.72. The Labute approximate surface area is 93.9 Å². The molecular formula is C9H7ClF3NO2. The van der Waals surface area contributed by atoms with E-state index in [4.69, 9.17) is 16.7 Å². The summed E-state index contributed by atoms with van der Waals surface area (Å²) in [7, 11) is 0. The number of hydrogen-bond acceptors (Lipinski definition) is 2. The van der Waals surface area contributed by atoms with Crippen molar-refractivity contribution in [1.82, 2.24) is 4.98 Å². The summed E-state index contributed by atoms with van der Waals surface area (Å²) >= 11 is 5.33.